The molecule has 2 unspecified atom stereocenters. The van der Waals surface area contributed by atoms with Crippen molar-refractivity contribution in [3.63, 3.8) is 0 Å². The fourth-order valence-corrected chi connectivity index (χ4v) is 3.04. The van der Waals surface area contributed by atoms with Crippen LogP contribution in [0.15, 0.2) is 0 Å². The third-order valence-electron chi connectivity index (χ3n) is 3.87. The summed E-state index contributed by atoms with van der Waals surface area (Å²) in [5, 5.41) is 12.9. The highest BCUT2D eigenvalue weighted by Gasteiger charge is 2.31. The molecule has 0 spiro atoms. The van der Waals surface area contributed by atoms with Gasteiger partial charge < -0.3 is 4.90 Å². The van der Waals surface area contributed by atoms with E-state index in [4.69, 9.17) is 0 Å². The maximum atomic E-state index is 9.50. The minimum absolute atomic E-state index is 0.333. The van der Waals surface area contributed by atoms with Gasteiger partial charge in [0.15, 0.2) is 0 Å². The van der Waals surface area contributed by atoms with Gasteiger partial charge in [0.2, 0.25) is 0 Å². The molecule has 110 valence electrons. The molecule has 0 amide bonds. The summed E-state index contributed by atoms with van der Waals surface area (Å²) in [6.07, 6.45) is 2.34. The highest BCUT2D eigenvalue weighted by atomic mass is 15.3. The van der Waals surface area contributed by atoms with E-state index in [1.165, 1.54) is 6.42 Å². The van der Waals surface area contributed by atoms with Gasteiger partial charge in [0, 0.05) is 25.2 Å². The van der Waals surface area contributed by atoms with Crippen LogP contribution < -0.4 is 5.32 Å². The molecule has 1 saturated heterocycles. The molecule has 0 aromatic carbocycles. The smallest absolute Gasteiger partial charge is 0.116 e. The fraction of sp³-hybridized carbons (Fsp3) is 0.933. The zero-order valence-corrected chi connectivity index (χ0v) is 13.2. The van der Waals surface area contributed by atoms with E-state index >= 15 is 0 Å². The molecule has 19 heavy (non-hydrogen) atoms. The van der Waals surface area contributed by atoms with E-state index in [0.29, 0.717) is 12.1 Å². The van der Waals surface area contributed by atoms with Crippen molar-refractivity contribution in [3.05, 3.63) is 0 Å². The largest absolute Gasteiger partial charge is 0.305 e. The molecule has 1 aliphatic rings. The van der Waals surface area contributed by atoms with E-state index in [1.54, 1.807) is 0 Å². The standard InChI is InChI=1S/C15H30N4/c1-6-14-10-18(5)8-7-9-19(14)12-15(4,11-16)17-13(2)3/h13-14,17H,6-10,12H2,1-5H3. The molecule has 1 rings (SSSR count). The first-order valence-corrected chi connectivity index (χ1v) is 7.51. The van der Waals surface area contributed by atoms with Gasteiger partial charge in [-0.05, 0) is 53.8 Å². The van der Waals surface area contributed by atoms with Gasteiger partial charge in [0.1, 0.15) is 5.54 Å². The lowest BCUT2D eigenvalue weighted by Crippen LogP contribution is -2.55. The van der Waals surface area contributed by atoms with Crippen LogP contribution in [-0.2, 0) is 0 Å². The molecule has 0 aromatic heterocycles. The highest BCUT2D eigenvalue weighted by Crippen LogP contribution is 2.16. The number of hydrogen-bond donors (Lipinski definition) is 1. The Balaban J connectivity index is 2.73. The molecule has 0 aromatic rings. The summed E-state index contributed by atoms with van der Waals surface area (Å²) >= 11 is 0. The van der Waals surface area contributed by atoms with Crippen LogP contribution in [0.1, 0.15) is 40.5 Å². The molecule has 0 aliphatic carbocycles. The summed E-state index contributed by atoms with van der Waals surface area (Å²) in [5.74, 6) is 0. The van der Waals surface area contributed by atoms with Crippen LogP contribution in [0.25, 0.3) is 0 Å². The number of nitrogens with zero attached hydrogens (tertiary/aromatic N) is 3. The molecule has 1 fully saturated rings. The van der Waals surface area contributed by atoms with Crippen molar-refractivity contribution in [1.29, 1.82) is 5.26 Å². The van der Waals surface area contributed by atoms with Gasteiger partial charge in [-0.2, -0.15) is 5.26 Å². The third kappa shape index (κ3) is 5.10. The second kappa shape index (κ2) is 7.23. The Morgan fingerprint density at radius 2 is 2.11 bits per heavy atom. The molecule has 0 radical (unpaired) electrons. The third-order valence-corrected chi connectivity index (χ3v) is 3.87. The van der Waals surface area contributed by atoms with Crippen LogP contribution in [-0.4, -0.2) is 60.6 Å². The number of hydrogen-bond acceptors (Lipinski definition) is 4. The SMILES string of the molecule is CCC1CN(C)CCCN1CC(C)(C#N)NC(C)C. The second-order valence-electron chi connectivity index (χ2n) is 6.39. The van der Waals surface area contributed by atoms with Crippen LogP contribution in [0.3, 0.4) is 0 Å². The molecule has 4 nitrogen and oxygen atoms in total. The summed E-state index contributed by atoms with van der Waals surface area (Å²) in [5.41, 5.74) is -0.454. The minimum atomic E-state index is -0.454. The number of likely N-dealkylation sites (N-methyl/N-ethyl adjacent to an activating group) is 1. The summed E-state index contributed by atoms with van der Waals surface area (Å²) in [4.78, 5) is 4.91. The molecular formula is C15H30N4. The van der Waals surface area contributed by atoms with Gasteiger partial charge in [0.05, 0.1) is 6.07 Å². The van der Waals surface area contributed by atoms with Crippen molar-refractivity contribution < 1.29 is 0 Å². The molecular weight excluding hydrogens is 236 g/mol. The average molecular weight is 266 g/mol. The molecule has 1 N–H and O–H groups in total. The first-order chi connectivity index (χ1) is 8.90. The van der Waals surface area contributed by atoms with E-state index < -0.39 is 5.54 Å². The molecule has 1 aliphatic heterocycles. The average Bonchev–Trinajstić information content (AvgIpc) is 2.50. The van der Waals surface area contributed by atoms with Gasteiger partial charge >= 0.3 is 0 Å². The summed E-state index contributed by atoms with van der Waals surface area (Å²) in [7, 11) is 2.20. The highest BCUT2D eigenvalue weighted by molar-refractivity contribution is 5.07. The maximum absolute atomic E-state index is 9.50. The second-order valence-corrected chi connectivity index (χ2v) is 6.39. The Bertz CT molecular complexity index is 310. The summed E-state index contributed by atoms with van der Waals surface area (Å²) < 4.78 is 0. The number of rotatable bonds is 5. The lowest BCUT2D eigenvalue weighted by Gasteiger charge is -2.36. The zero-order chi connectivity index (χ0) is 14.5. The van der Waals surface area contributed by atoms with E-state index in [1.807, 2.05) is 6.92 Å². The van der Waals surface area contributed by atoms with Crippen molar-refractivity contribution in [2.75, 3.05) is 33.2 Å². The fourth-order valence-electron chi connectivity index (χ4n) is 3.04. The predicted molar refractivity (Wildman–Crippen MR) is 80.1 cm³/mol. The first kappa shape index (κ1) is 16.4. The lowest BCUT2D eigenvalue weighted by molar-refractivity contribution is 0.149. The summed E-state index contributed by atoms with van der Waals surface area (Å²) in [6, 6.07) is 3.36. The first-order valence-electron chi connectivity index (χ1n) is 7.51. The van der Waals surface area contributed by atoms with Gasteiger partial charge in [-0.15, -0.1) is 0 Å². The summed E-state index contributed by atoms with van der Waals surface area (Å²) in [6.45, 7) is 12.7. The minimum Gasteiger partial charge on any atom is -0.305 e. The van der Waals surface area contributed by atoms with E-state index in [-0.39, 0.29) is 0 Å². The normalized spacial score (nSPS) is 25.8. The maximum Gasteiger partial charge on any atom is 0.116 e. The molecule has 2 atom stereocenters. The van der Waals surface area contributed by atoms with Crippen LogP contribution in [0.2, 0.25) is 0 Å². The van der Waals surface area contributed by atoms with Gasteiger partial charge in [-0.1, -0.05) is 6.92 Å². The van der Waals surface area contributed by atoms with Gasteiger partial charge in [-0.3, -0.25) is 10.2 Å². The Morgan fingerprint density at radius 1 is 1.42 bits per heavy atom. The molecule has 4 heteroatoms. The van der Waals surface area contributed by atoms with Crippen LogP contribution in [0, 0.1) is 11.3 Å². The van der Waals surface area contributed by atoms with E-state index in [9.17, 15) is 5.26 Å². The lowest BCUT2D eigenvalue weighted by atomic mass is 10.0. The van der Waals surface area contributed by atoms with E-state index in [0.717, 1.165) is 32.6 Å². The number of nitriles is 1. The van der Waals surface area contributed by atoms with Crippen LogP contribution in [0.4, 0.5) is 0 Å². The van der Waals surface area contributed by atoms with Crippen LogP contribution >= 0.6 is 0 Å². The van der Waals surface area contributed by atoms with Crippen molar-refractivity contribution in [3.8, 4) is 6.07 Å². The van der Waals surface area contributed by atoms with Crippen molar-refractivity contribution in [2.45, 2.75) is 58.2 Å². The van der Waals surface area contributed by atoms with Gasteiger partial charge in [0.25, 0.3) is 0 Å². The van der Waals surface area contributed by atoms with Crippen LogP contribution in [0.5, 0.6) is 0 Å². The van der Waals surface area contributed by atoms with Crippen molar-refractivity contribution in [2.24, 2.45) is 0 Å². The molecule has 0 bridgehead atoms. The predicted octanol–water partition coefficient (Wildman–Crippen LogP) is 1.68. The Labute approximate surface area is 118 Å². The quantitative estimate of drug-likeness (QED) is 0.822. The van der Waals surface area contributed by atoms with Crippen molar-refractivity contribution >= 4 is 0 Å². The number of nitrogens with one attached hydrogen (secondary N) is 1. The Hall–Kier alpha value is -0.630. The molecule has 0 saturated carbocycles. The topological polar surface area (TPSA) is 42.3 Å². The zero-order valence-electron chi connectivity index (χ0n) is 13.2. The molecule has 1 heterocycles. The van der Waals surface area contributed by atoms with E-state index in [2.05, 4.69) is 49.0 Å². The Morgan fingerprint density at radius 3 is 2.63 bits per heavy atom. The monoisotopic (exact) mass is 266 g/mol. The van der Waals surface area contributed by atoms with Gasteiger partial charge in [-0.25, -0.2) is 0 Å². The van der Waals surface area contributed by atoms with Crippen molar-refractivity contribution in [1.82, 2.24) is 15.1 Å². The Kier molecular flexibility index (Phi) is 6.25.